The Labute approximate surface area is 87.4 Å². The lowest BCUT2D eigenvalue weighted by Crippen LogP contribution is -2.25. The molecule has 2 heterocycles. The van der Waals surface area contributed by atoms with Crippen molar-refractivity contribution in [2.45, 2.75) is 0 Å². The van der Waals surface area contributed by atoms with Crippen LogP contribution in [0.15, 0.2) is 41.4 Å². The lowest BCUT2D eigenvalue weighted by molar-refractivity contribution is 0.250. The van der Waals surface area contributed by atoms with E-state index in [1.165, 1.54) is 0 Å². The van der Waals surface area contributed by atoms with Crippen molar-refractivity contribution in [1.29, 1.82) is 0 Å². The van der Waals surface area contributed by atoms with Gasteiger partial charge in [0.1, 0.15) is 0 Å². The van der Waals surface area contributed by atoms with Crippen molar-refractivity contribution in [3.8, 4) is 11.5 Å². The molecule has 2 aliphatic heterocycles. The first-order valence-electron chi connectivity index (χ1n) is 4.84. The number of hydrogen-bond acceptors (Lipinski definition) is 4. The topological polar surface area (TPSA) is 34.1 Å². The van der Waals surface area contributed by atoms with Crippen LogP contribution in [0.4, 0.5) is 0 Å². The number of aliphatic imine (C=N–C) groups is 1. The number of benzene rings is 1. The molecule has 0 radical (unpaired) electrons. The zero-order valence-electron chi connectivity index (χ0n) is 8.09. The number of para-hydroxylation sites is 2. The zero-order chi connectivity index (χ0) is 10.1. The normalized spacial score (nSPS) is 17.9. The van der Waals surface area contributed by atoms with Crippen LogP contribution in [-0.4, -0.2) is 24.3 Å². The molecule has 3 rings (SSSR count). The van der Waals surface area contributed by atoms with E-state index < -0.39 is 0 Å². The summed E-state index contributed by atoms with van der Waals surface area (Å²) >= 11 is 0. The lowest BCUT2D eigenvalue weighted by Gasteiger charge is -2.22. The number of hydrogen-bond donors (Lipinski definition) is 0. The van der Waals surface area contributed by atoms with Crippen molar-refractivity contribution in [1.82, 2.24) is 4.90 Å². The first-order chi connectivity index (χ1) is 7.43. The highest BCUT2D eigenvalue weighted by Crippen LogP contribution is 2.32. The minimum atomic E-state index is 0.690. The van der Waals surface area contributed by atoms with Gasteiger partial charge in [-0.25, -0.2) is 0 Å². The maximum absolute atomic E-state index is 5.69. The van der Waals surface area contributed by atoms with Crippen molar-refractivity contribution in [2.75, 3.05) is 13.1 Å². The highest BCUT2D eigenvalue weighted by molar-refractivity contribution is 5.60. The average Bonchev–Trinajstić information content (AvgIpc) is 2.82. The van der Waals surface area contributed by atoms with Gasteiger partial charge in [-0.1, -0.05) is 12.1 Å². The monoisotopic (exact) mass is 202 g/mol. The molecule has 0 saturated heterocycles. The Morgan fingerprint density at radius 2 is 2.07 bits per heavy atom. The summed E-state index contributed by atoms with van der Waals surface area (Å²) in [5, 5.41) is 0. The van der Waals surface area contributed by atoms with Crippen molar-refractivity contribution in [3.63, 3.8) is 0 Å². The molecule has 4 nitrogen and oxygen atoms in total. The van der Waals surface area contributed by atoms with Gasteiger partial charge < -0.3 is 9.47 Å². The second-order valence-corrected chi connectivity index (χ2v) is 3.34. The first-order valence-corrected chi connectivity index (χ1v) is 4.84. The molecule has 0 saturated carbocycles. The fourth-order valence-corrected chi connectivity index (χ4v) is 1.56. The zero-order valence-corrected chi connectivity index (χ0v) is 8.09. The molecule has 0 fully saturated rings. The minimum absolute atomic E-state index is 0.690. The first kappa shape index (κ1) is 8.35. The van der Waals surface area contributed by atoms with E-state index in [1.54, 1.807) is 12.6 Å². The molecule has 15 heavy (non-hydrogen) atoms. The second-order valence-electron chi connectivity index (χ2n) is 3.34. The van der Waals surface area contributed by atoms with E-state index in [0.29, 0.717) is 5.88 Å². The minimum Gasteiger partial charge on any atom is -0.455 e. The molecule has 4 heteroatoms. The maximum atomic E-state index is 5.69. The third kappa shape index (κ3) is 1.44. The fourth-order valence-electron chi connectivity index (χ4n) is 1.56. The van der Waals surface area contributed by atoms with Crippen LogP contribution >= 0.6 is 0 Å². The van der Waals surface area contributed by atoms with E-state index >= 15 is 0 Å². The van der Waals surface area contributed by atoms with E-state index in [0.717, 1.165) is 24.6 Å². The molecule has 0 atom stereocenters. The lowest BCUT2D eigenvalue weighted by atomic mass is 10.3. The smallest absolute Gasteiger partial charge is 0.237 e. The summed E-state index contributed by atoms with van der Waals surface area (Å²) in [5.74, 6) is 2.18. The molecule has 0 amide bonds. The predicted octanol–water partition coefficient (Wildman–Crippen LogP) is 1.60. The van der Waals surface area contributed by atoms with Crippen LogP contribution in [0, 0.1) is 0 Å². The molecular formula is C11H10N2O2. The molecule has 0 unspecified atom stereocenters. The number of rotatable bonds is 1. The van der Waals surface area contributed by atoms with Crippen molar-refractivity contribution < 1.29 is 9.47 Å². The van der Waals surface area contributed by atoms with E-state index in [9.17, 15) is 0 Å². The number of nitrogens with zero attached hydrogens (tertiary/aromatic N) is 2. The van der Waals surface area contributed by atoms with Gasteiger partial charge in [-0.2, -0.15) is 0 Å². The van der Waals surface area contributed by atoms with Crippen LogP contribution in [0.25, 0.3) is 0 Å². The maximum Gasteiger partial charge on any atom is 0.237 e. The Bertz CT molecular complexity index is 440. The SMILES string of the molecule is C1=NCCN1C1=COc2ccccc2O1. The fraction of sp³-hybridized carbons (Fsp3) is 0.182. The Balaban J connectivity index is 1.86. The summed E-state index contributed by atoms with van der Waals surface area (Å²) in [5.41, 5.74) is 0. The quantitative estimate of drug-likeness (QED) is 0.693. The van der Waals surface area contributed by atoms with Gasteiger partial charge in [0.2, 0.25) is 5.88 Å². The Hall–Kier alpha value is -1.97. The van der Waals surface area contributed by atoms with Crippen LogP contribution in [-0.2, 0) is 0 Å². The molecule has 0 spiro atoms. The van der Waals surface area contributed by atoms with Gasteiger partial charge in [-0.3, -0.25) is 9.89 Å². The highest BCUT2D eigenvalue weighted by Gasteiger charge is 2.19. The summed E-state index contributed by atoms with van der Waals surface area (Å²) < 4.78 is 11.1. The second kappa shape index (κ2) is 3.31. The van der Waals surface area contributed by atoms with Gasteiger partial charge in [0.25, 0.3) is 0 Å². The molecule has 1 aromatic carbocycles. The van der Waals surface area contributed by atoms with E-state index in [1.807, 2.05) is 29.2 Å². The molecule has 0 aliphatic carbocycles. The summed E-state index contributed by atoms with van der Waals surface area (Å²) in [4.78, 5) is 6.05. The third-order valence-electron chi connectivity index (χ3n) is 2.32. The third-order valence-corrected chi connectivity index (χ3v) is 2.32. The summed E-state index contributed by atoms with van der Waals surface area (Å²) in [6.45, 7) is 1.65. The molecule has 1 aromatic rings. The van der Waals surface area contributed by atoms with Crippen molar-refractivity contribution in [2.24, 2.45) is 4.99 Å². The number of ether oxygens (including phenoxy) is 2. The van der Waals surface area contributed by atoms with Gasteiger partial charge in [0, 0.05) is 6.54 Å². The van der Waals surface area contributed by atoms with Gasteiger partial charge in [0.05, 0.1) is 12.9 Å². The van der Waals surface area contributed by atoms with Gasteiger partial charge in [-0.05, 0) is 12.1 Å². The van der Waals surface area contributed by atoms with Crippen molar-refractivity contribution in [3.05, 3.63) is 36.4 Å². The van der Waals surface area contributed by atoms with E-state index in [2.05, 4.69) is 4.99 Å². The van der Waals surface area contributed by atoms with E-state index in [4.69, 9.17) is 9.47 Å². The van der Waals surface area contributed by atoms with Crippen LogP contribution in [0.1, 0.15) is 0 Å². The van der Waals surface area contributed by atoms with Crippen LogP contribution in [0.2, 0.25) is 0 Å². The summed E-state index contributed by atoms with van der Waals surface area (Å²) in [6, 6.07) is 7.60. The average molecular weight is 202 g/mol. The van der Waals surface area contributed by atoms with Crippen molar-refractivity contribution >= 4 is 6.34 Å². The molecule has 76 valence electrons. The predicted molar refractivity (Wildman–Crippen MR) is 55.8 cm³/mol. The van der Waals surface area contributed by atoms with Gasteiger partial charge in [-0.15, -0.1) is 0 Å². The van der Waals surface area contributed by atoms with E-state index in [-0.39, 0.29) is 0 Å². The largest absolute Gasteiger partial charge is 0.455 e. The Morgan fingerprint density at radius 1 is 1.20 bits per heavy atom. The Kier molecular flexibility index (Phi) is 1.84. The number of fused-ring (bicyclic) bond motifs is 1. The van der Waals surface area contributed by atoms with Gasteiger partial charge in [0.15, 0.2) is 17.8 Å². The van der Waals surface area contributed by atoms with Crippen LogP contribution < -0.4 is 9.47 Å². The molecule has 0 aromatic heterocycles. The molecule has 0 N–H and O–H groups in total. The standard InChI is InChI=1S/C11H10N2O2/c1-2-4-10-9(3-1)14-7-11(15-10)13-6-5-12-8-13/h1-4,7-8H,5-6H2. The highest BCUT2D eigenvalue weighted by atomic mass is 16.6. The summed E-state index contributed by atoms with van der Waals surface area (Å²) in [6.07, 6.45) is 3.38. The Morgan fingerprint density at radius 3 is 2.87 bits per heavy atom. The molecule has 0 bridgehead atoms. The molecular weight excluding hydrogens is 192 g/mol. The van der Waals surface area contributed by atoms with Crippen LogP contribution in [0.3, 0.4) is 0 Å². The van der Waals surface area contributed by atoms with Gasteiger partial charge >= 0.3 is 0 Å². The van der Waals surface area contributed by atoms with Crippen LogP contribution in [0.5, 0.6) is 11.5 Å². The summed E-state index contributed by atoms with van der Waals surface area (Å²) in [7, 11) is 0. The molecule has 2 aliphatic rings.